The number of aliphatic hydroxyl groups is 1. The average Bonchev–Trinajstić information content (AvgIpc) is 3.48. The molecule has 0 saturated heterocycles. The summed E-state index contributed by atoms with van der Waals surface area (Å²) in [6.45, 7) is 6.20. The van der Waals surface area contributed by atoms with Gasteiger partial charge in [0.2, 0.25) is 5.95 Å². The van der Waals surface area contributed by atoms with Crippen LogP contribution in [0.5, 0.6) is 0 Å². The number of fused-ring (bicyclic) bond motifs is 1. The van der Waals surface area contributed by atoms with Crippen LogP contribution in [0.2, 0.25) is 0 Å². The van der Waals surface area contributed by atoms with Gasteiger partial charge in [-0.05, 0) is 57.9 Å². The minimum absolute atomic E-state index is 0.0155. The van der Waals surface area contributed by atoms with Gasteiger partial charge in [-0.3, -0.25) is 4.98 Å². The molecule has 2 aliphatic carbocycles. The summed E-state index contributed by atoms with van der Waals surface area (Å²) in [6.07, 6.45) is 6.63. The number of aliphatic hydroxyl groups excluding tert-OH is 1. The maximum atomic E-state index is 11.9. The summed E-state index contributed by atoms with van der Waals surface area (Å²) in [5.41, 5.74) is 3.51. The Hall–Kier alpha value is -2.37. The topological polar surface area (TPSA) is 130 Å². The molecule has 194 valence electrons. The molecule has 2 unspecified atom stereocenters. The first-order valence-corrected chi connectivity index (χ1v) is 15.5. The minimum atomic E-state index is -3.18. The van der Waals surface area contributed by atoms with Crippen LogP contribution in [0.3, 0.4) is 0 Å². The molecule has 4 atom stereocenters. The number of anilines is 2. The third kappa shape index (κ3) is 5.47. The zero-order valence-corrected chi connectivity index (χ0v) is 22.8. The molecule has 0 amide bonds. The van der Waals surface area contributed by atoms with Crippen LogP contribution in [0.25, 0.3) is 20.8 Å². The summed E-state index contributed by atoms with van der Waals surface area (Å²) in [6, 6.07) is 2.17. The van der Waals surface area contributed by atoms with E-state index in [-0.39, 0.29) is 23.8 Å². The van der Waals surface area contributed by atoms with Gasteiger partial charge in [0.05, 0.1) is 33.5 Å². The van der Waals surface area contributed by atoms with Crippen molar-refractivity contribution in [1.82, 2.24) is 19.9 Å². The van der Waals surface area contributed by atoms with Crippen molar-refractivity contribution in [1.29, 1.82) is 0 Å². The molecular formula is C25H34N6O3S2. The van der Waals surface area contributed by atoms with Crippen molar-refractivity contribution in [2.24, 2.45) is 11.8 Å². The smallest absolute Gasteiger partial charge is 0.225 e. The Morgan fingerprint density at radius 1 is 1.22 bits per heavy atom. The molecule has 5 rings (SSSR count). The third-order valence-corrected chi connectivity index (χ3v) is 9.29. The van der Waals surface area contributed by atoms with Crippen LogP contribution in [0, 0.1) is 18.8 Å². The summed E-state index contributed by atoms with van der Waals surface area (Å²) in [5, 5.41) is 18.4. The van der Waals surface area contributed by atoms with Crippen molar-refractivity contribution in [2.75, 3.05) is 22.6 Å². The van der Waals surface area contributed by atoms with E-state index in [0.29, 0.717) is 30.5 Å². The second-order valence-corrected chi connectivity index (χ2v) is 13.6. The van der Waals surface area contributed by atoms with Crippen molar-refractivity contribution in [3.8, 4) is 10.6 Å². The molecule has 0 radical (unpaired) electrons. The molecule has 0 aromatic carbocycles. The monoisotopic (exact) mass is 530 g/mol. The Morgan fingerprint density at radius 3 is 2.69 bits per heavy atom. The van der Waals surface area contributed by atoms with Crippen LogP contribution in [-0.4, -0.2) is 63.7 Å². The first-order chi connectivity index (χ1) is 17.1. The molecule has 3 aromatic heterocycles. The number of rotatable bonds is 9. The summed E-state index contributed by atoms with van der Waals surface area (Å²) < 4.78 is 24.8. The molecule has 2 saturated carbocycles. The molecule has 36 heavy (non-hydrogen) atoms. The number of sulfone groups is 1. The Bertz CT molecular complexity index is 1370. The van der Waals surface area contributed by atoms with Gasteiger partial charge in [-0.25, -0.2) is 18.4 Å². The maximum Gasteiger partial charge on any atom is 0.225 e. The molecule has 3 heterocycles. The van der Waals surface area contributed by atoms with Gasteiger partial charge in [0.1, 0.15) is 26.2 Å². The predicted molar refractivity (Wildman–Crippen MR) is 144 cm³/mol. The van der Waals surface area contributed by atoms with E-state index in [9.17, 15) is 13.5 Å². The Balaban J connectivity index is 1.51. The van der Waals surface area contributed by atoms with Gasteiger partial charge in [-0.2, -0.15) is 4.98 Å². The number of aryl methyl sites for hydroxylation is 2. The summed E-state index contributed by atoms with van der Waals surface area (Å²) in [5.74, 6) is 1.57. The lowest BCUT2D eigenvalue weighted by Crippen LogP contribution is -2.22. The van der Waals surface area contributed by atoms with E-state index in [1.165, 1.54) is 19.1 Å². The second-order valence-electron chi connectivity index (χ2n) is 10.3. The van der Waals surface area contributed by atoms with Crippen molar-refractivity contribution >= 4 is 43.2 Å². The van der Waals surface area contributed by atoms with E-state index in [1.54, 1.807) is 11.3 Å². The number of nitrogens with one attached hydrogen (secondary N) is 2. The molecule has 11 heteroatoms. The van der Waals surface area contributed by atoms with Gasteiger partial charge in [0, 0.05) is 30.5 Å². The van der Waals surface area contributed by atoms with Crippen LogP contribution < -0.4 is 10.6 Å². The SMILES string of the molecule is CCc1nccc2sc(-c3c(C)nc(N[C@H](C)C4CC4)nc3NC3CC(CS(C)(=O)=O)[C@@H](O)C3)nc12. The Morgan fingerprint density at radius 2 is 2.00 bits per heavy atom. The third-order valence-electron chi connectivity index (χ3n) is 7.22. The van der Waals surface area contributed by atoms with Crippen LogP contribution in [0.4, 0.5) is 11.8 Å². The largest absolute Gasteiger partial charge is 0.393 e. The van der Waals surface area contributed by atoms with Crippen molar-refractivity contribution in [2.45, 2.75) is 71.1 Å². The lowest BCUT2D eigenvalue weighted by molar-refractivity contribution is 0.142. The molecule has 0 spiro atoms. The fourth-order valence-electron chi connectivity index (χ4n) is 5.17. The number of hydrogen-bond acceptors (Lipinski definition) is 10. The molecule has 2 fully saturated rings. The maximum absolute atomic E-state index is 11.9. The normalized spacial score (nSPS) is 23.2. The highest BCUT2D eigenvalue weighted by Crippen LogP contribution is 2.39. The quantitative estimate of drug-likeness (QED) is 0.378. The highest BCUT2D eigenvalue weighted by atomic mass is 32.2. The fourth-order valence-corrected chi connectivity index (χ4v) is 7.39. The molecule has 0 bridgehead atoms. The second kappa shape index (κ2) is 9.83. The molecule has 9 nitrogen and oxygen atoms in total. The minimum Gasteiger partial charge on any atom is -0.393 e. The highest BCUT2D eigenvalue weighted by molar-refractivity contribution is 7.90. The van der Waals surface area contributed by atoms with Crippen molar-refractivity contribution < 1.29 is 13.5 Å². The van der Waals surface area contributed by atoms with E-state index in [2.05, 4.69) is 29.5 Å². The van der Waals surface area contributed by atoms with Gasteiger partial charge in [0.15, 0.2) is 0 Å². The predicted octanol–water partition coefficient (Wildman–Crippen LogP) is 3.83. The molecule has 3 N–H and O–H groups in total. The summed E-state index contributed by atoms with van der Waals surface area (Å²) >= 11 is 1.59. The van der Waals surface area contributed by atoms with Gasteiger partial charge < -0.3 is 15.7 Å². The molecule has 2 aliphatic rings. The van der Waals surface area contributed by atoms with Crippen LogP contribution >= 0.6 is 11.3 Å². The molecular weight excluding hydrogens is 496 g/mol. The first-order valence-electron chi connectivity index (χ1n) is 12.6. The fraction of sp³-hybridized carbons (Fsp3) is 0.600. The lowest BCUT2D eigenvalue weighted by Gasteiger charge is -2.20. The van der Waals surface area contributed by atoms with Gasteiger partial charge in [-0.1, -0.05) is 6.92 Å². The Kier molecular flexibility index (Phi) is 6.90. The average molecular weight is 531 g/mol. The van der Waals surface area contributed by atoms with E-state index in [1.807, 2.05) is 19.2 Å². The number of nitrogens with zero attached hydrogens (tertiary/aromatic N) is 4. The van der Waals surface area contributed by atoms with Gasteiger partial charge in [0.25, 0.3) is 0 Å². The first kappa shape index (κ1) is 25.3. The number of pyridine rings is 1. The van der Waals surface area contributed by atoms with Crippen molar-refractivity contribution in [3.63, 3.8) is 0 Å². The molecule has 3 aromatic rings. The van der Waals surface area contributed by atoms with Gasteiger partial charge in [-0.15, -0.1) is 11.3 Å². The summed E-state index contributed by atoms with van der Waals surface area (Å²) in [7, 11) is -3.18. The van der Waals surface area contributed by atoms with E-state index in [0.717, 1.165) is 38.6 Å². The van der Waals surface area contributed by atoms with E-state index >= 15 is 0 Å². The molecule has 0 aliphatic heterocycles. The number of thiazole rings is 1. The number of hydrogen-bond donors (Lipinski definition) is 3. The van der Waals surface area contributed by atoms with E-state index < -0.39 is 15.9 Å². The van der Waals surface area contributed by atoms with Crippen LogP contribution in [-0.2, 0) is 16.3 Å². The zero-order chi connectivity index (χ0) is 25.6. The highest BCUT2D eigenvalue weighted by Gasteiger charge is 2.36. The standard InChI is InChI=1S/C25H34N6O3S2/c1-5-18-22-20(8-9-26-18)35-24(30-22)21-14(3)28-25(27-13(2)15-6-7-15)31-23(21)29-17-10-16(19(32)11-17)12-36(4,33)34/h8-9,13,15-17,19,32H,5-7,10-12H2,1-4H3,(H2,27,28,29,31)/t13-,16?,17?,19+/m1/s1. The van der Waals surface area contributed by atoms with Gasteiger partial charge >= 0.3 is 0 Å². The summed E-state index contributed by atoms with van der Waals surface area (Å²) in [4.78, 5) is 19.1. The van der Waals surface area contributed by atoms with Crippen LogP contribution in [0.15, 0.2) is 12.3 Å². The number of aromatic nitrogens is 4. The van der Waals surface area contributed by atoms with Crippen molar-refractivity contribution in [3.05, 3.63) is 23.7 Å². The lowest BCUT2D eigenvalue weighted by atomic mass is 10.1. The zero-order valence-electron chi connectivity index (χ0n) is 21.2. The Labute approximate surface area is 216 Å². The van der Waals surface area contributed by atoms with E-state index in [4.69, 9.17) is 15.0 Å². The van der Waals surface area contributed by atoms with Crippen LogP contribution in [0.1, 0.15) is 50.9 Å².